The van der Waals surface area contributed by atoms with Crippen molar-refractivity contribution >= 4 is 29.0 Å². The van der Waals surface area contributed by atoms with Gasteiger partial charge >= 0.3 is 6.03 Å². The van der Waals surface area contributed by atoms with Crippen LogP contribution in [0.1, 0.15) is 47.1 Å². The second kappa shape index (κ2) is 6.99. The Balaban J connectivity index is 1.66. The maximum atomic E-state index is 13.8. The normalized spacial score (nSPS) is 22.5. The quantitative estimate of drug-likeness (QED) is 0.554. The van der Waals surface area contributed by atoms with Crippen LogP contribution in [0.25, 0.3) is 0 Å². The van der Waals surface area contributed by atoms with Crippen molar-refractivity contribution in [3.05, 3.63) is 82.0 Å². The van der Waals surface area contributed by atoms with Gasteiger partial charge in [-0.25, -0.2) is 4.79 Å². The minimum absolute atomic E-state index is 0.270. The van der Waals surface area contributed by atoms with Crippen LogP contribution in [-0.2, 0) is 6.42 Å². The number of thiophene rings is 1. The number of nitrogens with zero attached hydrogens (tertiary/aromatic N) is 2. The Morgan fingerprint density at radius 2 is 1.90 bits per heavy atom. The van der Waals surface area contributed by atoms with E-state index in [1.807, 2.05) is 66.9 Å². The fraction of sp³-hybridized carbons (Fsp3) is 0.250. The van der Waals surface area contributed by atoms with Gasteiger partial charge in [-0.1, -0.05) is 43.3 Å². The lowest BCUT2D eigenvalue weighted by molar-refractivity contribution is 0.00284. The number of hydrogen-bond acceptors (Lipinski definition) is 4. The van der Waals surface area contributed by atoms with Gasteiger partial charge in [0.1, 0.15) is 5.75 Å². The highest BCUT2D eigenvalue weighted by Gasteiger charge is 2.55. The van der Waals surface area contributed by atoms with Gasteiger partial charge in [-0.2, -0.15) is 0 Å². The molecule has 0 aliphatic carbocycles. The van der Waals surface area contributed by atoms with Gasteiger partial charge in [-0.05, 0) is 48.6 Å². The van der Waals surface area contributed by atoms with E-state index in [1.54, 1.807) is 11.0 Å². The highest BCUT2D eigenvalue weighted by atomic mass is 32.1. The molecule has 1 fully saturated rings. The molecule has 152 valence electrons. The van der Waals surface area contributed by atoms with E-state index in [4.69, 9.17) is 4.74 Å². The molecule has 2 aliphatic rings. The van der Waals surface area contributed by atoms with Crippen LogP contribution >= 0.6 is 11.3 Å². The van der Waals surface area contributed by atoms with E-state index in [2.05, 4.69) is 6.92 Å². The number of aryl methyl sites for hydroxylation is 1. The summed E-state index contributed by atoms with van der Waals surface area (Å²) in [5.41, 5.74) is 1.90. The van der Waals surface area contributed by atoms with E-state index < -0.39 is 5.72 Å². The van der Waals surface area contributed by atoms with Crippen molar-refractivity contribution in [3.63, 3.8) is 0 Å². The topological polar surface area (TPSA) is 49.9 Å². The summed E-state index contributed by atoms with van der Waals surface area (Å²) in [4.78, 5) is 30.8. The van der Waals surface area contributed by atoms with Crippen molar-refractivity contribution in [3.8, 4) is 5.75 Å². The highest BCUT2D eigenvalue weighted by Crippen LogP contribution is 2.49. The van der Waals surface area contributed by atoms with Gasteiger partial charge in [-0.15, -0.1) is 11.3 Å². The van der Waals surface area contributed by atoms with Crippen LogP contribution in [0, 0.1) is 0 Å². The third-order valence-corrected chi connectivity index (χ3v) is 6.77. The van der Waals surface area contributed by atoms with Gasteiger partial charge in [0.2, 0.25) is 0 Å². The molecular formula is C24H22N2O3S. The summed E-state index contributed by atoms with van der Waals surface area (Å²) in [6.45, 7) is 4.02. The van der Waals surface area contributed by atoms with Crippen LogP contribution in [0.5, 0.6) is 5.75 Å². The molecule has 30 heavy (non-hydrogen) atoms. The first-order valence-corrected chi connectivity index (χ1v) is 11.0. The lowest BCUT2D eigenvalue weighted by atomic mass is 9.88. The number of benzene rings is 2. The number of amides is 3. The maximum absolute atomic E-state index is 13.8. The zero-order valence-electron chi connectivity index (χ0n) is 16.9. The number of carbonyl (C=O) groups is 2. The Labute approximate surface area is 179 Å². The number of anilines is 1. The molecule has 0 saturated carbocycles. The summed E-state index contributed by atoms with van der Waals surface area (Å²) in [6, 6.07) is 18.4. The first-order chi connectivity index (χ1) is 14.5. The van der Waals surface area contributed by atoms with Crippen LogP contribution < -0.4 is 9.64 Å². The van der Waals surface area contributed by atoms with Crippen LogP contribution in [0.3, 0.4) is 0 Å². The van der Waals surface area contributed by atoms with E-state index in [-0.39, 0.29) is 18.0 Å². The van der Waals surface area contributed by atoms with Crippen molar-refractivity contribution in [1.82, 2.24) is 4.90 Å². The van der Waals surface area contributed by atoms with Gasteiger partial charge in [0.25, 0.3) is 5.91 Å². The number of urea groups is 1. The highest BCUT2D eigenvalue weighted by molar-refractivity contribution is 7.12. The zero-order valence-corrected chi connectivity index (χ0v) is 17.7. The number of carbonyl (C=O) groups excluding carboxylic acids is 2. The number of imide groups is 1. The molecule has 3 heterocycles. The molecule has 0 spiro atoms. The molecular weight excluding hydrogens is 396 g/mol. The van der Waals surface area contributed by atoms with Crippen LogP contribution in [-0.4, -0.2) is 22.6 Å². The number of para-hydroxylation sites is 1. The lowest BCUT2D eigenvalue weighted by Crippen LogP contribution is -2.67. The summed E-state index contributed by atoms with van der Waals surface area (Å²) >= 11 is 1.35. The predicted molar refractivity (Wildman–Crippen MR) is 117 cm³/mol. The molecule has 3 aromatic rings. The Bertz CT molecular complexity index is 1110. The fourth-order valence-corrected chi connectivity index (χ4v) is 5.08. The molecule has 0 unspecified atom stereocenters. The SMILES string of the molecule is CCc1ccc(N2C(=O)N(C(=O)c3cccs3)[C@@H]3C[C@@]2(C)Oc2ccccc23)cc1. The van der Waals surface area contributed by atoms with Crippen LogP contribution in [0.4, 0.5) is 10.5 Å². The van der Waals surface area contributed by atoms with Crippen LogP contribution in [0.2, 0.25) is 0 Å². The van der Waals surface area contributed by atoms with Crippen molar-refractivity contribution in [2.24, 2.45) is 0 Å². The summed E-state index contributed by atoms with van der Waals surface area (Å²) in [5, 5.41) is 1.85. The third kappa shape index (κ3) is 2.82. The molecule has 0 N–H and O–H groups in total. The van der Waals surface area contributed by atoms with E-state index in [0.29, 0.717) is 17.0 Å². The molecule has 0 radical (unpaired) electrons. The second-order valence-corrected chi connectivity index (χ2v) is 8.77. The maximum Gasteiger partial charge on any atom is 0.335 e. The summed E-state index contributed by atoms with van der Waals surface area (Å²) in [6.07, 6.45) is 1.42. The monoisotopic (exact) mass is 418 g/mol. The molecule has 2 atom stereocenters. The first-order valence-electron chi connectivity index (χ1n) is 10.1. The molecule has 2 aromatic carbocycles. The summed E-state index contributed by atoms with van der Waals surface area (Å²) < 4.78 is 6.37. The van der Waals surface area contributed by atoms with E-state index in [0.717, 1.165) is 17.7 Å². The van der Waals surface area contributed by atoms with Crippen molar-refractivity contribution in [2.45, 2.75) is 38.5 Å². The number of hydrogen-bond donors (Lipinski definition) is 0. The Morgan fingerprint density at radius 3 is 2.60 bits per heavy atom. The molecule has 5 rings (SSSR count). The largest absolute Gasteiger partial charge is 0.467 e. The third-order valence-electron chi connectivity index (χ3n) is 5.92. The average Bonchev–Trinajstić information content (AvgIpc) is 3.28. The van der Waals surface area contributed by atoms with Gasteiger partial charge in [0.15, 0.2) is 5.72 Å². The van der Waals surface area contributed by atoms with E-state index in [9.17, 15) is 9.59 Å². The standard InChI is InChI=1S/C24H22N2O3S/c1-3-16-10-12-17(13-11-16)26-23(28)25(22(27)21-9-6-14-30-21)19-15-24(26,2)29-20-8-5-4-7-18(19)20/h4-14,19H,3,15H2,1-2H3/t19-,24-/m1/s1. The smallest absolute Gasteiger partial charge is 0.335 e. The number of ether oxygens (including phenoxy) is 1. The number of fused-ring (bicyclic) bond motifs is 4. The molecule has 3 amide bonds. The Hall–Kier alpha value is -3.12. The Kier molecular flexibility index (Phi) is 4.40. The van der Waals surface area contributed by atoms with Crippen LogP contribution in [0.15, 0.2) is 66.0 Å². The molecule has 2 aliphatic heterocycles. The molecule has 5 nitrogen and oxygen atoms in total. The van der Waals surface area contributed by atoms with E-state index >= 15 is 0 Å². The van der Waals surface area contributed by atoms with Gasteiger partial charge in [0.05, 0.1) is 10.9 Å². The Morgan fingerprint density at radius 1 is 1.13 bits per heavy atom. The molecule has 1 aromatic heterocycles. The van der Waals surface area contributed by atoms with Gasteiger partial charge in [-0.3, -0.25) is 14.6 Å². The average molecular weight is 419 g/mol. The van der Waals surface area contributed by atoms with Gasteiger partial charge < -0.3 is 4.74 Å². The minimum atomic E-state index is -0.879. The van der Waals surface area contributed by atoms with Crippen molar-refractivity contribution < 1.29 is 14.3 Å². The zero-order chi connectivity index (χ0) is 20.9. The molecule has 6 heteroatoms. The molecule has 1 saturated heterocycles. The number of rotatable bonds is 3. The fourth-order valence-electron chi connectivity index (χ4n) is 4.42. The summed E-state index contributed by atoms with van der Waals surface area (Å²) in [7, 11) is 0. The summed E-state index contributed by atoms with van der Waals surface area (Å²) in [5.74, 6) is 0.442. The molecule has 2 bridgehead atoms. The lowest BCUT2D eigenvalue weighted by Gasteiger charge is -2.53. The first kappa shape index (κ1) is 18.9. The minimum Gasteiger partial charge on any atom is -0.467 e. The van der Waals surface area contributed by atoms with E-state index in [1.165, 1.54) is 21.8 Å². The van der Waals surface area contributed by atoms with Crippen molar-refractivity contribution in [1.29, 1.82) is 0 Å². The van der Waals surface area contributed by atoms with Crippen molar-refractivity contribution in [2.75, 3.05) is 4.90 Å². The predicted octanol–water partition coefficient (Wildman–Crippen LogP) is 5.63. The van der Waals surface area contributed by atoms with Gasteiger partial charge in [0, 0.05) is 17.7 Å². The second-order valence-electron chi connectivity index (χ2n) is 7.83.